The summed E-state index contributed by atoms with van der Waals surface area (Å²) in [6, 6.07) is 2.91. The number of aromatic nitrogens is 3. The van der Waals surface area contributed by atoms with Crippen LogP contribution in [0.15, 0.2) is 18.3 Å². The van der Waals surface area contributed by atoms with Gasteiger partial charge in [-0.25, -0.2) is 14.3 Å². The highest BCUT2D eigenvalue weighted by Gasteiger charge is 2.55. The lowest BCUT2D eigenvalue weighted by Crippen LogP contribution is -2.47. The minimum atomic E-state index is -4.35. The highest BCUT2D eigenvalue weighted by molar-refractivity contribution is 5.79. The average molecular weight is 451 g/mol. The van der Waals surface area contributed by atoms with Gasteiger partial charge >= 0.3 is 12.3 Å². The summed E-state index contributed by atoms with van der Waals surface area (Å²) < 4.78 is 40.8. The summed E-state index contributed by atoms with van der Waals surface area (Å²) >= 11 is 0. The van der Waals surface area contributed by atoms with Crippen molar-refractivity contribution >= 4 is 17.6 Å². The Kier molecular flexibility index (Phi) is 4.82. The largest absolute Gasteiger partial charge is 0.465 e. The van der Waals surface area contributed by atoms with Crippen LogP contribution < -0.4 is 10.6 Å². The molecule has 5 rings (SSSR count). The summed E-state index contributed by atoms with van der Waals surface area (Å²) in [4.78, 5) is 28.0. The van der Waals surface area contributed by atoms with Gasteiger partial charge in [0.1, 0.15) is 0 Å². The molecule has 1 saturated heterocycles. The molecule has 2 unspecified atom stereocenters. The van der Waals surface area contributed by atoms with Crippen LogP contribution in [-0.2, 0) is 11.2 Å². The van der Waals surface area contributed by atoms with Gasteiger partial charge in [0.05, 0.1) is 29.5 Å². The van der Waals surface area contributed by atoms with Crippen LogP contribution in [-0.4, -0.2) is 44.4 Å². The Morgan fingerprint density at radius 1 is 1.34 bits per heavy atom. The molecule has 32 heavy (non-hydrogen) atoms. The van der Waals surface area contributed by atoms with E-state index < -0.39 is 42.6 Å². The van der Waals surface area contributed by atoms with Gasteiger partial charge in [0.2, 0.25) is 5.91 Å². The molecular weight excluding hydrogens is 427 g/mol. The Hall–Kier alpha value is -2.85. The first kappa shape index (κ1) is 21.0. The fourth-order valence-electron chi connectivity index (χ4n) is 5.22. The Morgan fingerprint density at radius 3 is 2.75 bits per heavy atom. The van der Waals surface area contributed by atoms with E-state index in [9.17, 15) is 27.9 Å². The minimum Gasteiger partial charge on any atom is -0.465 e. The predicted octanol–water partition coefficient (Wildman–Crippen LogP) is 3.09. The Labute approximate surface area is 181 Å². The van der Waals surface area contributed by atoms with Crippen molar-refractivity contribution in [2.45, 2.75) is 50.7 Å². The fourth-order valence-corrected chi connectivity index (χ4v) is 5.22. The molecule has 8 nitrogen and oxygen atoms in total. The lowest BCUT2D eigenvalue weighted by molar-refractivity contribution is -0.183. The lowest BCUT2D eigenvalue weighted by Gasteiger charge is -2.40. The number of halogens is 3. The maximum absolute atomic E-state index is 13.1. The summed E-state index contributed by atoms with van der Waals surface area (Å²) in [7, 11) is 0. The molecular formula is C21H24F3N5O3. The van der Waals surface area contributed by atoms with Crippen molar-refractivity contribution in [3.05, 3.63) is 29.7 Å². The van der Waals surface area contributed by atoms with Gasteiger partial charge < -0.3 is 15.7 Å². The Balaban J connectivity index is 1.34. The SMILES string of the molecule is O=C(O)NC(c1cn2nc(CC3C[C@@H](C(F)(F)F)CNC3=O)ccc2n1)C1CC2(CC2)C1. The first-order valence-corrected chi connectivity index (χ1v) is 10.8. The second kappa shape index (κ2) is 7.35. The van der Waals surface area contributed by atoms with Crippen LogP contribution in [0, 0.1) is 23.2 Å². The van der Waals surface area contributed by atoms with E-state index in [4.69, 9.17) is 0 Å². The summed E-state index contributed by atoms with van der Waals surface area (Å²) in [5.41, 5.74) is 1.98. The molecule has 3 N–H and O–H groups in total. The van der Waals surface area contributed by atoms with E-state index in [1.165, 1.54) is 17.4 Å². The number of imidazole rings is 1. The first-order valence-electron chi connectivity index (χ1n) is 10.8. The van der Waals surface area contributed by atoms with Crippen LogP contribution in [0.5, 0.6) is 0 Å². The summed E-state index contributed by atoms with van der Waals surface area (Å²) in [6.45, 7) is -0.392. The molecule has 2 aromatic heterocycles. The van der Waals surface area contributed by atoms with E-state index in [-0.39, 0.29) is 18.8 Å². The minimum absolute atomic E-state index is 0.0871. The number of hydrogen-bond acceptors (Lipinski definition) is 4. The van der Waals surface area contributed by atoms with E-state index >= 15 is 0 Å². The van der Waals surface area contributed by atoms with Crippen molar-refractivity contribution in [1.29, 1.82) is 0 Å². The van der Waals surface area contributed by atoms with Gasteiger partial charge in [-0.2, -0.15) is 18.3 Å². The molecule has 1 aliphatic heterocycles. The van der Waals surface area contributed by atoms with Crippen LogP contribution in [0.25, 0.3) is 5.65 Å². The predicted molar refractivity (Wildman–Crippen MR) is 106 cm³/mol. The zero-order valence-electron chi connectivity index (χ0n) is 17.2. The molecule has 0 aromatic carbocycles. The lowest BCUT2D eigenvalue weighted by atomic mass is 9.68. The average Bonchev–Trinajstić information content (AvgIpc) is 3.38. The van der Waals surface area contributed by atoms with Crippen LogP contribution in [0.2, 0.25) is 0 Å². The van der Waals surface area contributed by atoms with Gasteiger partial charge in [-0.05, 0) is 55.6 Å². The molecule has 2 aromatic rings. The van der Waals surface area contributed by atoms with Crippen molar-refractivity contribution in [1.82, 2.24) is 25.2 Å². The van der Waals surface area contributed by atoms with Gasteiger partial charge in [0.25, 0.3) is 0 Å². The molecule has 2 aliphatic carbocycles. The van der Waals surface area contributed by atoms with Crippen LogP contribution >= 0.6 is 0 Å². The summed E-state index contributed by atoms with van der Waals surface area (Å²) in [5, 5.41) is 18.7. The smallest absolute Gasteiger partial charge is 0.405 e. The quantitative estimate of drug-likeness (QED) is 0.648. The van der Waals surface area contributed by atoms with E-state index in [0.29, 0.717) is 22.5 Å². The number of amides is 2. The number of carbonyl (C=O) groups is 2. The van der Waals surface area contributed by atoms with Crippen LogP contribution in [0.4, 0.5) is 18.0 Å². The third-order valence-corrected chi connectivity index (χ3v) is 7.19. The zero-order valence-corrected chi connectivity index (χ0v) is 17.2. The second-order valence-corrected chi connectivity index (χ2v) is 9.51. The van der Waals surface area contributed by atoms with E-state index in [0.717, 1.165) is 12.8 Å². The number of carboxylic acid groups (broad SMARTS) is 1. The van der Waals surface area contributed by atoms with E-state index in [1.54, 1.807) is 18.3 Å². The number of fused-ring (bicyclic) bond motifs is 1. The van der Waals surface area contributed by atoms with Gasteiger partial charge in [0, 0.05) is 18.9 Å². The molecule has 11 heteroatoms. The number of hydrogen-bond donors (Lipinski definition) is 3. The summed E-state index contributed by atoms with van der Waals surface area (Å²) in [5.74, 6) is -2.59. The number of piperidine rings is 1. The molecule has 3 atom stereocenters. The number of nitrogens with zero attached hydrogens (tertiary/aromatic N) is 3. The van der Waals surface area contributed by atoms with Crippen molar-refractivity contribution in [2.24, 2.45) is 23.2 Å². The van der Waals surface area contributed by atoms with Gasteiger partial charge in [-0.1, -0.05) is 0 Å². The van der Waals surface area contributed by atoms with Gasteiger partial charge in [-0.3, -0.25) is 4.79 Å². The van der Waals surface area contributed by atoms with Gasteiger partial charge in [0.15, 0.2) is 5.65 Å². The Bertz CT molecular complexity index is 1060. The molecule has 2 amide bonds. The zero-order chi connectivity index (χ0) is 22.7. The Morgan fingerprint density at radius 2 is 2.09 bits per heavy atom. The number of rotatable bonds is 5. The molecule has 1 spiro atoms. The monoisotopic (exact) mass is 451 g/mol. The molecule has 3 fully saturated rings. The topological polar surface area (TPSA) is 109 Å². The van der Waals surface area contributed by atoms with E-state index in [2.05, 4.69) is 20.7 Å². The standard InChI is InChI=1S/C21H24F3N5O3/c22-21(23,24)13-5-11(18(30)25-9-13)6-14-1-2-16-26-15(10-29(16)28-14)17(27-19(31)32)12-7-20(8-12)3-4-20/h1-2,10-13,17,27H,3-9H2,(H,25,30)(H,31,32)/t11?,13-,17?/m1/s1. The maximum Gasteiger partial charge on any atom is 0.405 e. The third-order valence-electron chi connectivity index (χ3n) is 7.19. The van der Waals surface area contributed by atoms with Crippen molar-refractivity contribution in [3.8, 4) is 0 Å². The molecule has 0 radical (unpaired) electrons. The number of carbonyl (C=O) groups excluding carboxylic acids is 1. The van der Waals surface area contributed by atoms with Crippen molar-refractivity contribution in [2.75, 3.05) is 6.54 Å². The molecule has 172 valence electrons. The van der Waals surface area contributed by atoms with Gasteiger partial charge in [-0.15, -0.1) is 0 Å². The third kappa shape index (κ3) is 4.00. The highest BCUT2D eigenvalue weighted by atomic mass is 19.4. The maximum atomic E-state index is 13.1. The van der Waals surface area contributed by atoms with Crippen molar-refractivity contribution < 1.29 is 27.9 Å². The molecule has 3 aliphatic rings. The van der Waals surface area contributed by atoms with E-state index in [1.807, 2.05) is 0 Å². The van der Waals surface area contributed by atoms with Crippen LogP contribution in [0.1, 0.15) is 49.5 Å². The molecule has 3 heterocycles. The second-order valence-electron chi connectivity index (χ2n) is 9.51. The fraction of sp³-hybridized carbons (Fsp3) is 0.619. The molecule has 0 bridgehead atoms. The highest BCUT2D eigenvalue weighted by Crippen LogP contribution is 2.65. The number of nitrogens with one attached hydrogen (secondary N) is 2. The summed E-state index contributed by atoms with van der Waals surface area (Å²) in [6.07, 6.45) is 0.365. The number of alkyl halides is 3. The first-order chi connectivity index (χ1) is 15.1. The van der Waals surface area contributed by atoms with Crippen molar-refractivity contribution in [3.63, 3.8) is 0 Å². The molecule has 2 saturated carbocycles. The van der Waals surface area contributed by atoms with Crippen LogP contribution in [0.3, 0.4) is 0 Å². The normalized spacial score (nSPS) is 25.9.